The van der Waals surface area contributed by atoms with Gasteiger partial charge in [0.25, 0.3) is 0 Å². The van der Waals surface area contributed by atoms with E-state index in [-0.39, 0.29) is 5.43 Å². The first-order valence-electron chi connectivity index (χ1n) is 7.90. The summed E-state index contributed by atoms with van der Waals surface area (Å²) in [7, 11) is 0. The monoisotopic (exact) mass is 307 g/mol. The van der Waals surface area contributed by atoms with E-state index in [0.29, 0.717) is 16.3 Å². The molecule has 0 saturated heterocycles. The molecule has 0 radical (unpaired) electrons. The van der Waals surface area contributed by atoms with Gasteiger partial charge in [-0.15, -0.1) is 0 Å². The topological polar surface area (TPSA) is 32.9 Å². The molecule has 0 atom stereocenters. The Labute approximate surface area is 134 Å². The molecule has 1 saturated carbocycles. The summed E-state index contributed by atoms with van der Waals surface area (Å²) in [6.07, 6.45) is 2.48. The maximum atomic E-state index is 13.3. The molecule has 3 aromatic rings. The Morgan fingerprint density at radius 3 is 2.57 bits per heavy atom. The standard InChI is InChI=1S/C20H18FNO/c1-12-9-13(20(2)7-8-20)3-5-15(12)18-11-19(23)16-10-14(21)4-6-17(16)22-18/h3-6,9-11H,7-8H2,1-2H3,(H,22,23). The van der Waals surface area contributed by atoms with E-state index in [2.05, 4.69) is 37.0 Å². The maximum absolute atomic E-state index is 13.3. The van der Waals surface area contributed by atoms with Crippen molar-refractivity contribution in [3.8, 4) is 11.3 Å². The van der Waals surface area contributed by atoms with Crippen LogP contribution in [0.1, 0.15) is 30.9 Å². The van der Waals surface area contributed by atoms with Crippen LogP contribution in [-0.2, 0) is 5.41 Å². The molecule has 1 aliphatic carbocycles. The summed E-state index contributed by atoms with van der Waals surface area (Å²) < 4.78 is 13.3. The highest BCUT2D eigenvalue weighted by molar-refractivity contribution is 5.82. The van der Waals surface area contributed by atoms with Crippen molar-refractivity contribution in [2.75, 3.05) is 0 Å². The van der Waals surface area contributed by atoms with E-state index < -0.39 is 5.82 Å². The molecule has 1 aliphatic rings. The number of hydrogen-bond acceptors (Lipinski definition) is 1. The molecule has 1 aromatic heterocycles. The van der Waals surface area contributed by atoms with Crippen molar-refractivity contribution in [3.63, 3.8) is 0 Å². The van der Waals surface area contributed by atoms with Gasteiger partial charge in [-0.2, -0.15) is 0 Å². The third-order valence-electron chi connectivity index (χ3n) is 5.01. The fourth-order valence-corrected chi connectivity index (χ4v) is 3.18. The van der Waals surface area contributed by atoms with Gasteiger partial charge >= 0.3 is 0 Å². The molecule has 1 heterocycles. The minimum atomic E-state index is -0.394. The van der Waals surface area contributed by atoms with Gasteiger partial charge in [0.15, 0.2) is 5.43 Å². The fraction of sp³-hybridized carbons (Fsp3) is 0.250. The fourth-order valence-electron chi connectivity index (χ4n) is 3.18. The third-order valence-corrected chi connectivity index (χ3v) is 5.01. The second kappa shape index (κ2) is 4.79. The van der Waals surface area contributed by atoms with Crippen LogP contribution in [0.3, 0.4) is 0 Å². The molecule has 1 fully saturated rings. The molecule has 0 amide bonds. The molecular weight excluding hydrogens is 289 g/mol. The maximum Gasteiger partial charge on any atom is 0.190 e. The summed E-state index contributed by atoms with van der Waals surface area (Å²) in [5, 5.41) is 0.383. The van der Waals surface area contributed by atoms with E-state index in [1.165, 1.54) is 30.5 Å². The van der Waals surface area contributed by atoms with Crippen molar-refractivity contribution in [2.45, 2.75) is 32.1 Å². The van der Waals surface area contributed by atoms with Gasteiger partial charge in [0.2, 0.25) is 0 Å². The number of pyridine rings is 1. The number of hydrogen-bond donors (Lipinski definition) is 1. The number of benzene rings is 2. The van der Waals surface area contributed by atoms with Crippen LogP contribution in [0.15, 0.2) is 47.3 Å². The predicted octanol–water partition coefficient (Wildman–Crippen LogP) is 4.69. The number of nitrogens with one attached hydrogen (secondary N) is 1. The summed E-state index contributed by atoms with van der Waals surface area (Å²) in [5.41, 5.74) is 5.13. The number of aromatic nitrogens is 1. The van der Waals surface area contributed by atoms with Crippen molar-refractivity contribution in [2.24, 2.45) is 0 Å². The number of halogens is 1. The van der Waals surface area contributed by atoms with Gasteiger partial charge in [0, 0.05) is 28.2 Å². The van der Waals surface area contributed by atoms with Gasteiger partial charge in [0.1, 0.15) is 5.82 Å². The molecule has 0 unspecified atom stereocenters. The van der Waals surface area contributed by atoms with Crippen LogP contribution >= 0.6 is 0 Å². The van der Waals surface area contributed by atoms with Gasteiger partial charge < -0.3 is 4.98 Å². The van der Waals surface area contributed by atoms with Crippen LogP contribution < -0.4 is 5.43 Å². The Bertz CT molecular complexity index is 983. The quantitative estimate of drug-likeness (QED) is 0.731. The zero-order valence-corrected chi connectivity index (χ0v) is 13.2. The Morgan fingerprint density at radius 2 is 1.87 bits per heavy atom. The van der Waals surface area contributed by atoms with E-state index in [1.807, 2.05) is 0 Å². The average Bonchev–Trinajstić information content (AvgIpc) is 3.27. The SMILES string of the molecule is Cc1cc(C2(C)CC2)ccc1-c1cc(=O)c2cc(F)ccc2[nH]1. The molecule has 2 aromatic carbocycles. The van der Waals surface area contributed by atoms with E-state index in [9.17, 15) is 9.18 Å². The van der Waals surface area contributed by atoms with Gasteiger partial charge in [0.05, 0.1) is 0 Å². The van der Waals surface area contributed by atoms with Crippen LogP contribution in [0.2, 0.25) is 0 Å². The van der Waals surface area contributed by atoms with Crippen molar-refractivity contribution in [1.29, 1.82) is 0 Å². The van der Waals surface area contributed by atoms with E-state index in [0.717, 1.165) is 16.8 Å². The minimum Gasteiger partial charge on any atom is -0.354 e. The first kappa shape index (κ1) is 14.2. The lowest BCUT2D eigenvalue weighted by Gasteiger charge is -2.13. The summed E-state index contributed by atoms with van der Waals surface area (Å²) in [5.74, 6) is -0.394. The van der Waals surface area contributed by atoms with Gasteiger partial charge in [-0.05, 0) is 54.5 Å². The van der Waals surface area contributed by atoms with Crippen LogP contribution in [0.4, 0.5) is 4.39 Å². The average molecular weight is 307 g/mol. The van der Waals surface area contributed by atoms with E-state index >= 15 is 0 Å². The van der Waals surface area contributed by atoms with Crippen molar-refractivity contribution < 1.29 is 4.39 Å². The lowest BCUT2D eigenvalue weighted by molar-refractivity contribution is 0.629. The summed E-state index contributed by atoms with van der Waals surface area (Å²) in [6, 6.07) is 12.3. The van der Waals surface area contributed by atoms with Gasteiger partial charge in [-0.25, -0.2) is 4.39 Å². The Balaban J connectivity index is 1.86. The first-order valence-corrected chi connectivity index (χ1v) is 7.90. The molecule has 0 bridgehead atoms. The molecular formula is C20H18FNO. The number of rotatable bonds is 2. The van der Waals surface area contributed by atoms with Crippen molar-refractivity contribution >= 4 is 10.9 Å². The highest BCUT2D eigenvalue weighted by Gasteiger charge is 2.38. The molecule has 1 N–H and O–H groups in total. The highest BCUT2D eigenvalue weighted by atomic mass is 19.1. The molecule has 23 heavy (non-hydrogen) atoms. The predicted molar refractivity (Wildman–Crippen MR) is 91.3 cm³/mol. The minimum absolute atomic E-state index is 0.161. The lowest BCUT2D eigenvalue weighted by atomic mass is 9.93. The second-order valence-corrected chi connectivity index (χ2v) is 6.83. The normalized spacial score (nSPS) is 15.8. The largest absolute Gasteiger partial charge is 0.354 e. The Hall–Kier alpha value is -2.42. The third kappa shape index (κ3) is 2.37. The van der Waals surface area contributed by atoms with E-state index in [4.69, 9.17) is 0 Å². The van der Waals surface area contributed by atoms with Crippen LogP contribution in [0.5, 0.6) is 0 Å². The number of H-pyrrole nitrogens is 1. The molecule has 116 valence electrons. The highest BCUT2D eigenvalue weighted by Crippen LogP contribution is 2.48. The smallest absolute Gasteiger partial charge is 0.190 e. The first-order chi connectivity index (χ1) is 11.0. The van der Waals surface area contributed by atoms with Crippen molar-refractivity contribution in [1.82, 2.24) is 4.98 Å². The van der Waals surface area contributed by atoms with Crippen LogP contribution in [0, 0.1) is 12.7 Å². The second-order valence-electron chi connectivity index (χ2n) is 6.83. The number of aromatic amines is 1. The van der Waals surface area contributed by atoms with Crippen LogP contribution in [-0.4, -0.2) is 4.98 Å². The zero-order valence-electron chi connectivity index (χ0n) is 13.2. The molecule has 4 rings (SSSR count). The summed E-state index contributed by atoms with van der Waals surface area (Å²) >= 11 is 0. The Kier molecular flexibility index (Phi) is 2.95. The van der Waals surface area contributed by atoms with Crippen LogP contribution in [0.25, 0.3) is 22.2 Å². The zero-order chi connectivity index (χ0) is 16.2. The van der Waals surface area contributed by atoms with Gasteiger partial charge in [-0.1, -0.05) is 25.1 Å². The van der Waals surface area contributed by atoms with Gasteiger partial charge in [-0.3, -0.25) is 4.79 Å². The summed E-state index contributed by atoms with van der Waals surface area (Å²) in [4.78, 5) is 15.5. The molecule has 3 heteroatoms. The van der Waals surface area contributed by atoms with E-state index in [1.54, 1.807) is 12.1 Å². The van der Waals surface area contributed by atoms with Crippen molar-refractivity contribution in [3.05, 3.63) is 69.6 Å². The Morgan fingerprint density at radius 1 is 1.09 bits per heavy atom. The molecule has 0 spiro atoms. The number of aryl methyl sites for hydroxylation is 1. The molecule has 2 nitrogen and oxygen atoms in total. The number of fused-ring (bicyclic) bond motifs is 1. The molecule has 0 aliphatic heterocycles. The summed E-state index contributed by atoms with van der Waals surface area (Å²) in [6.45, 7) is 4.35. The lowest BCUT2D eigenvalue weighted by Crippen LogP contribution is -2.05.